The van der Waals surface area contributed by atoms with E-state index in [1.54, 1.807) is 12.1 Å². The minimum atomic E-state index is -3.42. The van der Waals surface area contributed by atoms with Crippen molar-refractivity contribution < 1.29 is 8.42 Å². The summed E-state index contributed by atoms with van der Waals surface area (Å²) in [6, 6.07) is 7.82. The third-order valence-electron chi connectivity index (χ3n) is 3.69. The summed E-state index contributed by atoms with van der Waals surface area (Å²) in [5.74, 6) is 0. The van der Waals surface area contributed by atoms with Gasteiger partial charge in [0.15, 0.2) is 0 Å². The molecule has 1 aliphatic heterocycles. The second kappa shape index (κ2) is 5.48. The Morgan fingerprint density at radius 2 is 2.00 bits per heavy atom. The number of para-hydroxylation sites is 1. The van der Waals surface area contributed by atoms with Crippen LogP contribution >= 0.6 is 0 Å². The summed E-state index contributed by atoms with van der Waals surface area (Å²) in [4.78, 5) is 2.58. The lowest BCUT2D eigenvalue weighted by atomic mass is 10.2. The van der Waals surface area contributed by atoms with Crippen molar-refractivity contribution in [2.24, 2.45) is 0 Å². The zero-order valence-corrected chi connectivity index (χ0v) is 12.4. The maximum Gasteiger partial charge on any atom is 0.242 e. The SMILES string of the molecule is CNS(=O)(=O)c1ccccc1NC1CC(C)N(C)C1. The Morgan fingerprint density at radius 3 is 2.58 bits per heavy atom. The Bertz CT molecular complexity index is 535. The number of benzene rings is 1. The van der Waals surface area contributed by atoms with Crippen molar-refractivity contribution in [1.82, 2.24) is 9.62 Å². The molecule has 1 saturated heterocycles. The van der Waals surface area contributed by atoms with Crippen LogP contribution in [0.4, 0.5) is 5.69 Å². The quantitative estimate of drug-likeness (QED) is 0.868. The Morgan fingerprint density at radius 1 is 1.32 bits per heavy atom. The molecule has 0 amide bonds. The molecule has 1 aromatic rings. The summed E-state index contributed by atoms with van der Waals surface area (Å²) < 4.78 is 26.3. The van der Waals surface area contributed by atoms with Crippen molar-refractivity contribution in [1.29, 1.82) is 0 Å². The molecular weight excluding hydrogens is 262 g/mol. The lowest BCUT2D eigenvalue weighted by molar-refractivity contribution is 0.330. The molecule has 1 heterocycles. The molecule has 5 nitrogen and oxygen atoms in total. The molecule has 2 rings (SSSR count). The first kappa shape index (κ1) is 14.3. The second-order valence-electron chi connectivity index (χ2n) is 5.07. The van der Waals surface area contributed by atoms with E-state index in [0.717, 1.165) is 13.0 Å². The van der Waals surface area contributed by atoms with Crippen LogP contribution in [0.25, 0.3) is 0 Å². The third kappa shape index (κ3) is 3.08. The molecule has 1 aliphatic rings. The number of rotatable bonds is 4. The molecule has 1 aromatic carbocycles. The van der Waals surface area contributed by atoms with Gasteiger partial charge in [0.1, 0.15) is 4.90 Å². The molecule has 0 radical (unpaired) electrons. The van der Waals surface area contributed by atoms with Crippen molar-refractivity contribution >= 4 is 15.7 Å². The van der Waals surface area contributed by atoms with Crippen LogP contribution in [0.3, 0.4) is 0 Å². The van der Waals surface area contributed by atoms with E-state index in [1.807, 2.05) is 12.1 Å². The first-order valence-corrected chi connectivity index (χ1v) is 7.91. The van der Waals surface area contributed by atoms with Gasteiger partial charge in [-0.15, -0.1) is 0 Å². The average Bonchev–Trinajstić information content (AvgIpc) is 2.69. The fourth-order valence-electron chi connectivity index (χ4n) is 2.45. The van der Waals surface area contributed by atoms with E-state index in [9.17, 15) is 8.42 Å². The normalized spacial score (nSPS) is 24.6. The highest BCUT2D eigenvalue weighted by Crippen LogP contribution is 2.24. The molecule has 0 bridgehead atoms. The van der Waals surface area contributed by atoms with Crippen LogP contribution in [0.15, 0.2) is 29.2 Å². The summed E-state index contributed by atoms with van der Waals surface area (Å²) >= 11 is 0. The second-order valence-corrected chi connectivity index (χ2v) is 6.92. The van der Waals surface area contributed by atoms with Gasteiger partial charge in [-0.1, -0.05) is 12.1 Å². The minimum absolute atomic E-state index is 0.285. The van der Waals surface area contributed by atoms with Crippen LogP contribution < -0.4 is 10.0 Å². The van der Waals surface area contributed by atoms with Gasteiger partial charge in [0.05, 0.1) is 5.69 Å². The van der Waals surface area contributed by atoms with Crippen molar-refractivity contribution in [2.45, 2.75) is 30.3 Å². The third-order valence-corrected chi connectivity index (χ3v) is 5.16. The Balaban J connectivity index is 2.22. The highest BCUT2D eigenvalue weighted by atomic mass is 32.2. The number of likely N-dealkylation sites (tertiary alicyclic amines) is 1. The lowest BCUT2D eigenvalue weighted by Crippen LogP contribution is -2.26. The largest absolute Gasteiger partial charge is 0.380 e. The number of likely N-dealkylation sites (N-methyl/N-ethyl adjacent to an activating group) is 1. The molecule has 0 aliphatic carbocycles. The summed E-state index contributed by atoms with van der Waals surface area (Å²) in [5.41, 5.74) is 0.671. The standard InChI is InChI=1S/C13H21N3O2S/c1-10-8-11(9-16(10)3)15-12-6-4-5-7-13(12)19(17,18)14-2/h4-7,10-11,14-15H,8-9H2,1-3H3. The van der Waals surface area contributed by atoms with Crippen molar-refractivity contribution in [2.75, 3.05) is 26.0 Å². The molecule has 19 heavy (non-hydrogen) atoms. The first-order chi connectivity index (χ1) is 8.94. The predicted octanol–water partition coefficient (Wildman–Crippen LogP) is 1.10. The molecule has 2 unspecified atom stereocenters. The predicted molar refractivity (Wildman–Crippen MR) is 76.8 cm³/mol. The molecule has 106 valence electrons. The van der Waals surface area contributed by atoms with E-state index in [4.69, 9.17) is 0 Å². The van der Waals surface area contributed by atoms with Crippen molar-refractivity contribution in [3.63, 3.8) is 0 Å². The van der Waals surface area contributed by atoms with Crippen LogP contribution in [0, 0.1) is 0 Å². The lowest BCUT2D eigenvalue weighted by Gasteiger charge is -2.17. The van der Waals surface area contributed by atoms with Crippen LogP contribution in [0.2, 0.25) is 0 Å². The van der Waals surface area contributed by atoms with Gasteiger partial charge < -0.3 is 10.2 Å². The summed E-state index contributed by atoms with van der Waals surface area (Å²) in [7, 11) is 0.0904. The molecule has 2 atom stereocenters. The van der Waals surface area contributed by atoms with Gasteiger partial charge >= 0.3 is 0 Å². The molecular formula is C13H21N3O2S. The van der Waals surface area contributed by atoms with E-state index in [-0.39, 0.29) is 6.04 Å². The van der Waals surface area contributed by atoms with Crippen LogP contribution in [-0.2, 0) is 10.0 Å². The number of nitrogens with one attached hydrogen (secondary N) is 2. The monoisotopic (exact) mass is 283 g/mol. The van der Waals surface area contributed by atoms with Crippen molar-refractivity contribution in [3.05, 3.63) is 24.3 Å². The number of sulfonamides is 1. The molecule has 1 fully saturated rings. The molecule has 0 aromatic heterocycles. The van der Waals surface area contributed by atoms with E-state index in [1.165, 1.54) is 7.05 Å². The fourth-order valence-corrected chi connectivity index (χ4v) is 3.34. The van der Waals surface area contributed by atoms with Gasteiger partial charge in [0.25, 0.3) is 0 Å². The number of nitrogens with zero attached hydrogens (tertiary/aromatic N) is 1. The summed E-state index contributed by atoms with van der Waals surface area (Å²) in [6.07, 6.45) is 1.02. The highest BCUT2D eigenvalue weighted by Gasteiger charge is 2.27. The Hall–Kier alpha value is -1.11. The minimum Gasteiger partial charge on any atom is -0.380 e. The van der Waals surface area contributed by atoms with E-state index in [2.05, 4.69) is 28.9 Å². The van der Waals surface area contributed by atoms with Gasteiger partial charge in [-0.2, -0.15) is 0 Å². The first-order valence-electron chi connectivity index (χ1n) is 6.43. The highest BCUT2D eigenvalue weighted by molar-refractivity contribution is 7.89. The molecule has 0 spiro atoms. The van der Waals surface area contributed by atoms with Gasteiger partial charge in [-0.05, 0) is 39.6 Å². The van der Waals surface area contributed by atoms with E-state index in [0.29, 0.717) is 16.6 Å². The van der Waals surface area contributed by atoms with E-state index < -0.39 is 10.0 Å². The Labute approximate surface area is 115 Å². The van der Waals surface area contributed by atoms with Crippen LogP contribution in [0.1, 0.15) is 13.3 Å². The Kier molecular flexibility index (Phi) is 4.13. The van der Waals surface area contributed by atoms with Crippen LogP contribution in [-0.4, -0.2) is 46.0 Å². The van der Waals surface area contributed by atoms with Gasteiger partial charge in [-0.25, -0.2) is 13.1 Å². The number of hydrogen-bond donors (Lipinski definition) is 2. The van der Waals surface area contributed by atoms with Gasteiger partial charge in [0, 0.05) is 18.6 Å². The van der Waals surface area contributed by atoms with Gasteiger partial charge in [-0.3, -0.25) is 0 Å². The maximum absolute atomic E-state index is 12.0. The van der Waals surface area contributed by atoms with Gasteiger partial charge in [0.2, 0.25) is 10.0 Å². The average molecular weight is 283 g/mol. The summed E-state index contributed by atoms with van der Waals surface area (Å²) in [5, 5.41) is 3.35. The number of hydrogen-bond acceptors (Lipinski definition) is 4. The summed E-state index contributed by atoms with van der Waals surface area (Å²) in [6.45, 7) is 3.10. The van der Waals surface area contributed by atoms with E-state index >= 15 is 0 Å². The molecule has 2 N–H and O–H groups in total. The molecule has 0 saturated carbocycles. The zero-order chi connectivity index (χ0) is 14.0. The number of anilines is 1. The fraction of sp³-hybridized carbons (Fsp3) is 0.538. The smallest absolute Gasteiger partial charge is 0.242 e. The topological polar surface area (TPSA) is 61.4 Å². The van der Waals surface area contributed by atoms with Crippen molar-refractivity contribution in [3.8, 4) is 0 Å². The van der Waals surface area contributed by atoms with Crippen LogP contribution in [0.5, 0.6) is 0 Å². The zero-order valence-electron chi connectivity index (χ0n) is 11.6. The molecule has 6 heteroatoms. The maximum atomic E-state index is 12.0.